The fourth-order valence-corrected chi connectivity index (χ4v) is 3.57. The van der Waals surface area contributed by atoms with Crippen molar-refractivity contribution in [2.75, 3.05) is 38.2 Å². The van der Waals surface area contributed by atoms with Crippen LogP contribution in [0.25, 0.3) is 11.3 Å². The molecule has 1 aromatic heterocycles. The Balaban J connectivity index is 1.43. The highest BCUT2D eigenvalue weighted by atomic mass is 35.5. The number of H-pyrrole nitrogens is 1. The van der Waals surface area contributed by atoms with Crippen molar-refractivity contribution >= 4 is 23.3 Å². The van der Waals surface area contributed by atoms with E-state index in [0.29, 0.717) is 42.5 Å². The molecule has 7 heteroatoms. The van der Waals surface area contributed by atoms with Crippen molar-refractivity contribution in [3.63, 3.8) is 0 Å². The summed E-state index contributed by atoms with van der Waals surface area (Å²) in [4.78, 5) is 16.9. The number of methoxy groups -OCH3 is 1. The standard InChI is InChI=1S/C21H21ClN4O2/c1-28-19-8-7-16(22)13-17(19)21(27)26-11-9-25(10-12-26)20-14-18(23-24-20)15-5-3-2-4-6-15/h2-8,13-14H,9-12H2,1H3,(H,23,24). The van der Waals surface area contributed by atoms with Crippen molar-refractivity contribution in [3.05, 3.63) is 65.2 Å². The SMILES string of the molecule is COc1ccc(Cl)cc1C(=O)N1CCN(c2cc(-c3ccccc3)[nH]n2)CC1. The maximum Gasteiger partial charge on any atom is 0.257 e. The second kappa shape index (κ2) is 7.94. The quantitative estimate of drug-likeness (QED) is 0.730. The zero-order valence-electron chi connectivity index (χ0n) is 15.6. The fourth-order valence-electron chi connectivity index (χ4n) is 3.40. The molecule has 3 aromatic rings. The normalized spacial score (nSPS) is 14.2. The molecule has 1 aliphatic heterocycles. The maximum atomic E-state index is 12.9. The lowest BCUT2D eigenvalue weighted by Gasteiger charge is -2.35. The van der Waals surface area contributed by atoms with E-state index < -0.39 is 0 Å². The van der Waals surface area contributed by atoms with Gasteiger partial charge in [-0.3, -0.25) is 9.89 Å². The number of carbonyl (C=O) groups excluding carboxylic acids is 1. The lowest BCUT2D eigenvalue weighted by Crippen LogP contribution is -2.49. The molecule has 6 nitrogen and oxygen atoms in total. The highest BCUT2D eigenvalue weighted by molar-refractivity contribution is 6.31. The molecular formula is C21H21ClN4O2. The minimum absolute atomic E-state index is 0.0639. The summed E-state index contributed by atoms with van der Waals surface area (Å²) >= 11 is 6.07. The van der Waals surface area contributed by atoms with Gasteiger partial charge in [0.05, 0.1) is 18.4 Å². The third kappa shape index (κ3) is 3.68. The number of rotatable bonds is 4. The number of aromatic nitrogens is 2. The largest absolute Gasteiger partial charge is 0.496 e. The molecule has 1 N–H and O–H groups in total. The van der Waals surface area contributed by atoms with E-state index in [0.717, 1.165) is 17.1 Å². The van der Waals surface area contributed by atoms with Crippen LogP contribution in [0.3, 0.4) is 0 Å². The average molecular weight is 397 g/mol. The van der Waals surface area contributed by atoms with E-state index in [1.54, 1.807) is 25.3 Å². The Labute approximate surface area is 168 Å². The van der Waals surface area contributed by atoms with Crippen LogP contribution in [0.2, 0.25) is 5.02 Å². The molecule has 0 bridgehead atoms. The molecule has 144 valence electrons. The number of nitrogens with zero attached hydrogens (tertiary/aromatic N) is 3. The maximum absolute atomic E-state index is 12.9. The lowest BCUT2D eigenvalue weighted by atomic mass is 10.1. The van der Waals surface area contributed by atoms with Crippen molar-refractivity contribution in [1.82, 2.24) is 15.1 Å². The van der Waals surface area contributed by atoms with Gasteiger partial charge in [-0.25, -0.2) is 0 Å². The Morgan fingerprint density at radius 3 is 2.54 bits per heavy atom. The van der Waals surface area contributed by atoms with Gasteiger partial charge in [0.15, 0.2) is 5.82 Å². The number of anilines is 1. The summed E-state index contributed by atoms with van der Waals surface area (Å²) in [6, 6.07) is 17.2. The van der Waals surface area contributed by atoms with Crippen LogP contribution in [-0.4, -0.2) is 54.3 Å². The minimum Gasteiger partial charge on any atom is -0.496 e. The van der Waals surface area contributed by atoms with Gasteiger partial charge in [-0.05, 0) is 23.8 Å². The molecule has 1 saturated heterocycles. The van der Waals surface area contributed by atoms with Crippen molar-refractivity contribution in [2.45, 2.75) is 0 Å². The van der Waals surface area contributed by atoms with Gasteiger partial charge in [0, 0.05) is 37.3 Å². The second-order valence-corrected chi connectivity index (χ2v) is 7.07. The molecule has 0 spiro atoms. The Hall–Kier alpha value is -2.99. The van der Waals surface area contributed by atoms with Gasteiger partial charge in [-0.1, -0.05) is 41.9 Å². The molecule has 4 rings (SSSR count). The first-order chi connectivity index (χ1) is 13.7. The Kier molecular flexibility index (Phi) is 5.21. The van der Waals surface area contributed by atoms with Crippen LogP contribution in [0.15, 0.2) is 54.6 Å². The van der Waals surface area contributed by atoms with Crippen molar-refractivity contribution in [2.24, 2.45) is 0 Å². The highest BCUT2D eigenvalue weighted by Gasteiger charge is 2.25. The monoisotopic (exact) mass is 396 g/mol. The Bertz CT molecular complexity index is 966. The summed E-state index contributed by atoms with van der Waals surface area (Å²) in [6.45, 7) is 2.66. The Morgan fingerprint density at radius 2 is 1.82 bits per heavy atom. The summed E-state index contributed by atoms with van der Waals surface area (Å²) in [5.74, 6) is 1.37. The number of ether oxygens (including phenoxy) is 1. The molecule has 0 radical (unpaired) electrons. The average Bonchev–Trinajstić information content (AvgIpc) is 3.24. The van der Waals surface area contributed by atoms with Crippen molar-refractivity contribution in [1.29, 1.82) is 0 Å². The predicted molar refractivity (Wildman–Crippen MR) is 110 cm³/mol. The van der Waals surface area contributed by atoms with Crippen LogP contribution in [0.4, 0.5) is 5.82 Å². The zero-order chi connectivity index (χ0) is 19.5. The minimum atomic E-state index is -0.0639. The smallest absolute Gasteiger partial charge is 0.257 e. The number of nitrogens with one attached hydrogen (secondary N) is 1. The molecule has 2 aromatic carbocycles. The van der Waals surface area contributed by atoms with Gasteiger partial charge in [0.25, 0.3) is 5.91 Å². The summed E-state index contributed by atoms with van der Waals surface area (Å²) in [5.41, 5.74) is 2.58. The number of amides is 1. The molecule has 0 unspecified atom stereocenters. The molecule has 1 fully saturated rings. The van der Waals surface area contributed by atoms with Gasteiger partial charge in [-0.15, -0.1) is 0 Å². The predicted octanol–water partition coefficient (Wildman–Crippen LogP) is 3.70. The molecule has 2 heterocycles. The molecule has 1 amide bonds. The van der Waals surface area contributed by atoms with Gasteiger partial charge in [-0.2, -0.15) is 5.10 Å². The van der Waals surface area contributed by atoms with Crippen molar-refractivity contribution < 1.29 is 9.53 Å². The van der Waals surface area contributed by atoms with E-state index >= 15 is 0 Å². The molecule has 0 aliphatic carbocycles. The summed E-state index contributed by atoms with van der Waals surface area (Å²) in [6.07, 6.45) is 0. The molecule has 1 aliphatic rings. The van der Waals surface area contributed by atoms with Crippen LogP contribution >= 0.6 is 11.6 Å². The number of hydrogen-bond acceptors (Lipinski definition) is 4. The number of aromatic amines is 1. The van der Waals surface area contributed by atoms with Gasteiger partial charge in [0.2, 0.25) is 0 Å². The fraction of sp³-hybridized carbons (Fsp3) is 0.238. The number of benzene rings is 2. The van der Waals surface area contributed by atoms with Crippen LogP contribution in [0.1, 0.15) is 10.4 Å². The highest BCUT2D eigenvalue weighted by Crippen LogP contribution is 2.26. The van der Waals surface area contributed by atoms with E-state index in [1.165, 1.54) is 0 Å². The van der Waals surface area contributed by atoms with Crippen molar-refractivity contribution in [3.8, 4) is 17.0 Å². The van der Waals surface area contributed by atoms with Gasteiger partial charge >= 0.3 is 0 Å². The van der Waals surface area contributed by atoms with E-state index in [1.807, 2.05) is 41.3 Å². The first-order valence-corrected chi connectivity index (χ1v) is 9.52. The van der Waals surface area contributed by atoms with Crippen LogP contribution in [0, 0.1) is 0 Å². The van der Waals surface area contributed by atoms with Gasteiger partial charge in [0.1, 0.15) is 5.75 Å². The van der Waals surface area contributed by atoms with Crippen LogP contribution in [-0.2, 0) is 0 Å². The topological polar surface area (TPSA) is 61.5 Å². The number of carbonyl (C=O) groups is 1. The summed E-state index contributed by atoms with van der Waals surface area (Å²) < 4.78 is 5.32. The first-order valence-electron chi connectivity index (χ1n) is 9.14. The number of hydrogen-bond donors (Lipinski definition) is 1. The summed E-state index contributed by atoms with van der Waals surface area (Å²) in [5, 5.41) is 8.06. The van der Waals surface area contributed by atoms with E-state index in [4.69, 9.17) is 16.3 Å². The second-order valence-electron chi connectivity index (χ2n) is 6.63. The lowest BCUT2D eigenvalue weighted by molar-refractivity contribution is 0.0743. The third-order valence-corrected chi connectivity index (χ3v) is 5.17. The number of piperazine rings is 1. The Morgan fingerprint density at radius 1 is 1.07 bits per heavy atom. The van der Waals surface area contributed by atoms with E-state index in [-0.39, 0.29) is 5.91 Å². The summed E-state index contributed by atoms with van der Waals surface area (Å²) in [7, 11) is 1.56. The zero-order valence-corrected chi connectivity index (χ0v) is 16.3. The van der Waals surface area contributed by atoms with Gasteiger partial charge < -0.3 is 14.5 Å². The third-order valence-electron chi connectivity index (χ3n) is 4.93. The number of halogens is 1. The molecule has 0 atom stereocenters. The van der Waals surface area contributed by atoms with E-state index in [9.17, 15) is 4.79 Å². The molecular weight excluding hydrogens is 376 g/mol. The van der Waals surface area contributed by atoms with Crippen LogP contribution < -0.4 is 9.64 Å². The molecule has 0 saturated carbocycles. The first kappa shape index (κ1) is 18.4. The van der Waals surface area contributed by atoms with E-state index in [2.05, 4.69) is 15.1 Å². The molecule has 28 heavy (non-hydrogen) atoms. The van der Waals surface area contributed by atoms with Crippen LogP contribution in [0.5, 0.6) is 5.75 Å².